The molecule has 1 saturated heterocycles. The first kappa shape index (κ1) is 14.2. The maximum atomic E-state index is 12.5. The zero-order chi connectivity index (χ0) is 14.7. The van der Waals surface area contributed by atoms with Crippen LogP contribution in [0.2, 0.25) is 0 Å². The van der Waals surface area contributed by atoms with Gasteiger partial charge in [-0.3, -0.25) is 14.4 Å². The number of para-hydroxylation sites is 1. The molecule has 0 bridgehead atoms. The number of ketones is 1. The fourth-order valence-corrected chi connectivity index (χ4v) is 2.38. The van der Waals surface area contributed by atoms with Gasteiger partial charge in [0.15, 0.2) is 5.78 Å². The summed E-state index contributed by atoms with van der Waals surface area (Å²) in [5.74, 6) is -0.465. The van der Waals surface area contributed by atoms with Crippen LogP contribution in [0, 0.1) is 0 Å². The van der Waals surface area contributed by atoms with E-state index in [1.807, 2.05) is 13.8 Å². The largest absolute Gasteiger partial charge is 0.339 e. The van der Waals surface area contributed by atoms with E-state index in [2.05, 4.69) is 0 Å². The topological polar surface area (TPSA) is 57.7 Å². The average Bonchev–Trinajstić information content (AvgIpc) is 2.79. The minimum Gasteiger partial charge on any atom is -0.339 e. The molecule has 1 heterocycles. The Kier molecular flexibility index (Phi) is 4.17. The van der Waals surface area contributed by atoms with Gasteiger partial charge in [0.25, 0.3) is 5.91 Å². The van der Waals surface area contributed by atoms with Crippen LogP contribution in [0.4, 0.5) is 5.69 Å². The molecule has 0 aromatic heterocycles. The minimum atomic E-state index is -0.241. The van der Waals surface area contributed by atoms with Gasteiger partial charge >= 0.3 is 0 Å². The Hall–Kier alpha value is -2.17. The smallest absolute Gasteiger partial charge is 0.255 e. The molecular weight excluding hydrogens is 256 g/mol. The van der Waals surface area contributed by atoms with Crippen LogP contribution in [-0.4, -0.2) is 42.1 Å². The zero-order valence-electron chi connectivity index (χ0n) is 11.8. The Balaban J connectivity index is 2.38. The molecule has 1 fully saturated rings. The molecule has 2 rings (SSSR count). The predicted octanol–water partition coefficient (Wildman–Crippen LogP) is 1.47. The van der Waals surface area contributed by atoms with Gasteiger partial charge in [-0.05, 0) is 26.0 Å². The van der Waals surface area contributed by atoms with Crippen LogP contribution in [0.25, 0.3) is 0 Å². The van der Waals surface area contributed by atoms with Gasteiger partial charge in [-0.2, -0.15) is 0 Å². The molecule has 0 atom stereocenters. The summed E-state index contributed by atoms with van der Waals surface area (Å²) in [6.45, 7) is 5.09. The van der Waals surface area contributed by atoms with Crippen molar-refractivity contribution in [2.24, 2.45) is 0 Å². The summed E-state index contributed by atoms with van der Waals surface area (Å²) in [6, 6.07) is 6.95. The Morgan fingerprint density at radius 2 is 1.85 bits per heavy atom. The first-order valence-corrected chi connectivity index (χ1v) is 6.78. The number of carbonyl (C=O) groups is 3. The molecule has 0 radical (unpaired) electrons. The SMILES string of the molecule is CCN(CC)C(=O)c1ccccc1N1CC(=O)CC1=O. The Bertz CT molecular complexity index is 550. The normalized spacial score (nSPS) is 14.8. The van der Waals surface area contributed by atoms with Crippen molar-refractivity contribution in [1.82, 2.24) is 4.90 Å². The van der Waals surface area contributed by atoms with E-state index in [1.54, 1.807) is 29.2 Å². The number of rotatable bonds is 4. The third-order valence-corrected chi connectivity index (χ3v) is 3.46. The van der Waals surface area contributed by atoms with Crippen molar-refractivity contribution in [3.8, 4) is 0 Å². The summed E-state index contributed by atoms with van der Waals surface area (Å²) in [7, 11) is 0. The highest BCUT2D eigenvalue weighted by Gasteiger charge is 2.31. The van der Waals surface area contributed by atoms with Crippen LogP contribution in [0.3, 0.4) is 0 Å². The molecule has 5 nitrogen and oxygen atoms in total. The summed E-state index contributed by atoms with van der Waals surface area (Å²) in [6.07, 6.45) is -0.0756. The van der Waals surface area contributed by atoms with Crippen molar-refractivity contribution >= 4 is 23.3 Å². The molecule has 1 aliphatic heterocycles. The molecule has 0 saturated carbocycles. The van der Waals surface area contributed by atoms with Crippen LogP contribution in [0.5, 0.6) is 0 Å². The third kappa shape index (κ3) is 2.57. The Morgan fingerprint density at radius 1 is 1.20 bits per heavy atom. The molecule has 0 unspecified atom stereocenters. The van der Waals surface area contributed by atoms with E-state index in [9.17, 15) is 14.4 Å². The lowest BCUT2D eigenvalue weighted by atomic mass is 10.1. The van der Waals surface area contributed by atoms with E-state index in [-0.39, 0.29) is 30.6 Å². The molecule has 0 spiro atoms. The number of hydrogen-bond donors (Lipinski definition) is 0. The summed E-state index contributed by atoms with van der Waals surface area (Å²) in [5.41, 5.74) is 1.000. The molecule has 5 heteroatoms. The van der Waals surface area contributed by atoms with Crippen LogP contribution in [0.15, 0.2) is 24.3 Å². The maximum absolute atomic E-state index is 12.5. The second-order valence-electron chi connectivity index (χ2n) is 4.69. The number of amides is 2. The van der Waals surface area contributed by atoms with E-state index < -0.39 is 0 Å². The summed E-state index contributed by atoms with van der Waals surface area (Å²) in [4.78, 5) is 38.8. The maximum Gasteiger partial charge on any atom is 0.255 e. The van der Waals surface area contributed by atoms with Crippen molar-refractivity contribution in [2.45, 2.75) is 20.3 Å². The molecule has 1 aliphatic rings. The zero-order valence-corrected chi connectivity index (χ0v) is 11.8. The number of nitrogens with zero attached hydrogens (tertiary/aromatic N) is 2. The highest BCUT2D eigenvalue weighted by Crippen LogP contribution is 2.25. The van der Waals surface area contributed by atoms with Crippen molar-refractivity contribution in [1.29, 1.82) is 0 Å². The average molecular weight is 274 g/mol. The molecule has 20 heavy (non-hydrogen) atoms. The van der Waals surface area contributed by atoms with E-state index in [4.69, 9.17) is 0 Å². The minimum absolute atomic E-state index is 0.0569. The number of anilines is 1. The summed E-state index contributed by atoms with van der Waals surface area (Å²) >= 11 is 0. The van der Waals surface area contributed by atoms with Gasteiger partial charge in [-0.15, -0.1) is 0 Å². The van der Waals surface area contributed by atoms with E-state index in [1.165, 1.54) is 4.90 Å². The number of carbonyl (C=O) groups excluding carboxylic acids is 3. The van der Waals surface area contributed by atoms with Crippen LogP contribution in [-0.2, 0) is 9.59 Å². The lowest BCUT2D eigenvalue weighted by Gasteiger charge is -2.23. The van der Waals surface area contributed by atoms with Gasteiger partial charge in [-0.25, -0.2) is 0 Å². The highest BCUT2D eigenvalue weighted by atomic mass is 16.2. The Morgan fingerprint density at radius 3 is 2.40 bits per heavy atom. The second-order valence-corrected chi connectivity index (χ2v) is 4.69. The van der Waals surface area contributed by atoms with Crippen molar-refractivity contribution in [3.63, 3.8) is 0 Å². The number of hydrogen-bond acceptors (Lipinski definition) is 3. The Labute approximate surface area is 118 Å². The lowest BCUT2D eigenvalue weighted by molar-refractivity contribution is -0.121. The fraction of sp³-hybridized carbons (Fsp3) is 0.400. The van der Waals surface area contributed by atoms with Gasteiger partial charge in [0, 0.05) is 13.1 Å². The summed E-state index contributed by atoms with van der Waals surface area (Å²) in [5, 5.41) is 0. The number of Topliss-reactive ketones (excluding diaryl/α,β-unsaturated/α-hetero) is 1. The fourth-order valence-electron chi connectivity index (χ4n) is 2.38. The van der Waals surface area contributed by atoms with Crippen LogP contribution >= 0.6 is 0 Å². The molecule has 1 aromatic carbocycles. The van der Waals surface area contributed by atoms with E-state index >= 15 is 0 Å². The predicted molar refractivity (Wildman–Crippen MR) is 75.7 cm³/mol. The van der Waals surface area contributed by atoms with Gasteiger partial charge in [0.1, 0.15) is 0 Å². The van der Waals surface area contributed by atoms with E-state index in [0.29, 0.717) is 24.3 Å². The van der Waals surface area contributed by atoms with Crippen LogP contribution in [0.1, 0.15) is 30.6 Å². The van der Waals surface area contributed by atoms with E-state index in [0.717, 1.165) is 0 Å². The second kappa shape index (κ2) is 5.86. The molecule has 2 amide bonds. The molecule has 1 aromatic rings. The van der Waals surface area contributed by atoms with Gasteiger partial charge < -0.3 is 9.80 Å². The van der Waals surface area contributed by atoms with Gasteiger partial charge in [0.2, 0.25) is 5.91 Å². The first-order chi connectivity index (χ1) is 9.58. The van der Waals surface area contributed by atoms with Crippen molar-refractivity contribution in [2.75, 3.05) is 24.5 Å². The molecular formula is C15H18N2O3. The molecule has 0 aliphatic carbocycles. The van der Waals surface area contributed by atoms with Crippen molar-refractivity contribution < 1.29 is 14.4 Å². The number of benzene rings is 1. The monoisotopic (exact) mass is 274 g/mol. The standard InChI is InChI=1S/C15H18N2O3/c1-3-16(4-2)15(20)12-7-5-6-8-13(12)17-10-11(18)9-14(17)19/h5-8H,3-4,9-10H2,1-2H3. The summed E-state index contributed by atoms with van der Waals surface area (Å²) < 4.78 is 0. The lowest BCUT2D eigenvalue weighted by Crippen LogP contribution is -2.33. The van der Waals surface area contributed by atoms with Crippen molar-refractivity contribution in [3.05, 3.63) is 29.8 Å². The van der Waals surface area contributed by atoms with Crippen LogP contribution < -0.4 is 4.90 Å². The quantitative estimate of drug-likeness (QED) is 0.781. The highest BCUT2D eigenvalue weighted by molar-refractivity contribution is 6.17. The first-order valence-electron chi connectivity index (χ1n) is 6.78. The third-order valence-electron chi connectivity index (χ3n) is 3.46. The van der Waals surface area contributed by atoms with Gasteiger partial charge in [-0.1, -0.05) is 12.1 Å². The van der Waals surface area contributed by atoms with Gasteiger partial charge in [0.05, 0.1) is 24.2 Å². The molecule has 0 N–H and O–H groups in total. The molecule has 106 valence electrons.